The van der Waals surface area contributed by atoms with Gasteiger partial charge in [0, 0.05) is 38.9 Å². The number of hydrogen-bond acceptors (Lipinski definition) is 5. The van der Waals surface area contributed by atoms with Crippen LogP contribution in [0, 0.1) is 0 Å². The molecular weight excluding hydrogens is 370 g/mol. The number of ether oxygens (including phenoxy) is 2. The molecule has 2 aromatic rings. The Labute approximate surface area is 171 Å². The van der Waals surface area contributed by atoms with E-state index in [1.165, 1.54) is 0 Å². The number of nitrogens with zero attached hydrogens (tertiary/aromatic N) is 2. The Kier molecular flexibility index (Phi) is 7.21. The summed E-state index contributed by atoms with van der Waals surface area (Å²) in [7, 11) is 3.66. The molecule has 2 amide bonds. The average molecular weight is 397 g/mol. The lowest BCUT2D eigenvalue weighted by Crippen LogP contribution is -2.47. The maximum atomic E-state index is 12.9. The largest absolute Gasteiger partial charge is 0.491 e. The van der Waals surface area contributed by atoms with Crippen molar-refractivity contribution in [1.82, 2.24) is 9.80 Å². The first kappa shape index (κ1) is 20.8. The number of hydrogen-bond donors (Lipinski definition) is 1. The van der Waals surface area contributed by atoms with E-state index in [2.05, 4.69) is 10.2 Å². The summed E-state index contributed by atoms with van der Waals surface area (Å²) in [5.41, 5.74) is 1.51. The monoisotopic (exact) mass is 397 g/mol. The SMILES string of the molecule is COCCOc1ccc(C(=O)Nc2ccccc2C(=O)N2CCN(C)CC2)cc1. The first-order valence-electron chi connectivity index (χ1n) is 9.68. The molecule has 0 aromatic heterocycles. The minimum absolute atomic E-state index is 0.0594. The molecule has 154 valence electrons. The van der Waals surface area contributed by atoms with E-state index in [0.717, 1.165) is 13.1 Å². The smallest absolute Gasteiger partial charge is 0.256 e. The number of piperazine rings is 1. The molecule has 0 unspecified atom stereocenters. The Balaban J connectivity index is 1.67. The molecule has 0 bridgehead atoms. The third-order valence-electron chi connectivity index (χ3n) is 4.87. The minimum atomic E-state index is -0.271. The number of amides is 2. The lowest BCUT2D eigenvalue weighted by Gasteiger charge is -2.32. The summed E-state index contributed by atoms with van der Waals surface area (Å²) >= 11 is 0. The molecule has 0 spiro atoms. The van der Waals surface area contributed by atoms with Gasteiger partial charge in [-0.25, -0.2) is 0 Å². The van der Waals surface area contributed by atoms with Gasteiger partial charge < -0.3 is 24.6 Å². The van der Waals surface area contributed by atoms with Gasteiger partial charge in [0.15, 0.2) is 0 Å². The second-order valence-corrected chi connectivity index (χ2v) is 6.96. The first-order chi connectivity index (χ1) is 14.1. The van der Waals surface area contributed by atoms with E-state index in [9.17, 15) is 9.59 Å². The summed E-state index contributed by atoms with van der Waals surface area (Å²) in [5, 5.41) is 2.87. The lowest BCUT2D eigenvalue weighted by atomic mass is 10.1. The highest BCUT2D eigenvalue weighted by molar-refractivity contribution is 6.09. The van der Waals surface area contributed by atoms with Crippen molar-refractivity contribution < 1.29 is 19.1 Å². The van der Waals surface area contributed by atoms with Crippen molar-refractivity contribution in [3.63, 3.8) is 0 Å². The molecule has 29 heavy (non-hydrogen) atoms. The second-order valence-electron chi connectivity index (χ2n) is 6.96. The van der Waals surface area contributed by atoms with Crippen LogP contribution < -0.4 is 10.1 Å². The zero-order chi connectivity index (χ0) is 20.6. The minimum Gasteiger partial charge on any atom is -0.491 e. The highest BCUT2D eigenvalue weighted by atomic mass is 16.5. The highest BCUT2D eigenvalue weighted by Gasteiger charge is 2.23. The summed E-state index contributed by atoms with van der Waals surface area (Å²) < 4.78 is 10.5. The van der Waals surface area contributed by atoms with Gasteiger partial charge in [0.25, 0.3) is 11.8 Å². The van der Waals surface area contributed by atoms with Crippen molar-refractivity contribution in [3.8, 4) is 5.75 Å². The van der Waals surface area contributed by atoms with Crippen LogP contribution in [-0.4, -0.2) is 75.2 Å². The molecule has 1 saturated heterocycles. The van der Waals surface area contributed by atoms with Crippen LogP contribution >= 0.6 is 0 Å². The third-order valence-corrected chi connectivity index (χ3v) is 4.87. The van der Waals surface area contributed by atoms with Crippen molar-refractivity contribution in [3.05, 3.63) is 59.7 Å². The van der Waals surface area contributed by atoms with Gasteiger partial charge in [-0.3, -0.25) is 9.59 Å². The number of nitrogens with one attached hydrogen (secondary N) is 1. The lowest BCUT2D eigenvalue weighted by molar-refractivity contribution is 0.0665. The topological polar surface area (TPSA) is 71.1 Å². The fourth-order valence-electron chi connectivity index (χ4n) is 3.10. The van der Waals surface area contributed by atoms with E-state index < -0.39 is 0 Å². The van der Waals surface area contributed by atoms with E-state index in [1.807, 2.05) is 24.1 Å². The second kappa shape index (κ2) is 10.0. The van der Waals surface area contributed by atoms with Crippen LogP contribution in [0.4, 0.5) is 5.69 Å². The molecule has 0 atom stereocenters. The van der Waals surface area contributed by atoms with Gasteiger partial charge in [0.2, 0.25) is 0 Å². The van der Waals surface area contributed by atoms with E-state index >= 15 is 0 Å². The van der Waals surface area contributed by atoms with Crippen LogP contribution in [-0.2, 0) is 4.74 Å². The van der Waals surface area contributed by atoms with Crippen molar-refractivity contribution >= 4 is 17.5 Å². The maximum absolute atomic E-state index is 12.9. The number of carbonyl (C=O) groups is 2. The number of anilines is 1. The van der Waals surface area contributed by atoms with Crippen LogP contribution in [0.2, 0.25) is 0 Å². The molecule has 0 aliphatic carbocycles. The Bertz CT molecular complexity index is 830. The molecule has 0 radical (unpaired) electrons. The molecule has 3 rings (SSSR count). The number of likely N-dealkylation sites (N-methyl/N-ethyl adjacent to an activating group) is 1. The van der Waals surface area contributed by atoms with E-state index in [-0.39, 0.29) is 11.8 Å². The molecule has 1 fully saturated rings. The van der Waals surface area contributed by atoms with Gasteiger partial charge in [0.1, 0.15) is 12.4 Å². The third kappa shape index (κ3) is 5.56. The van der Waals surface area contributed by atoms with Gasteiger partial charge in [-0.1, -0.05) is 12.1 Å². The average Bonchev–Trinajstić information content (AvgIpc) is 2.75. The zero-order valence-corrected chi connectivity index (χ0v) is 16.9. The highest BCUT2D eigenvalue weighted by Crippen LogP contribution is 2.20. The standard InChI is InChI=1S/C22H27N3O4/c1-24-11-13-25(14-12-24)22(27)19-5-3-4-6-20(19)23-21(26)17-7-9-18(10-8-17)29-16-15-28-2/h3-10H,11-16H2,1-2H3,(H,23,26). The van der Waals surface area contributed by atoms with Gasteiger partial charge in [-0.05, 0) is 43.4 Å². The molecule has 0 saturated carbocycles. The van der Waals surface area contributed by atoms with E-state index in [0.29, 0.717) is 48.9 Å². The van der Waals surface area contributed by atoms with Crippen LogP contribution in [0.15, 0.2) is 48.5 Å². The fraction of sp³-hybridized carbons (Fsp3) is 0.364. The molecule has 7 nitrogen and oxygen atoms in total. The number of para-hydroxylation sites is 1. The molecule has 2 aromatic carbocycles. The van der Waals surface area contributed by atoms with Gasteiger partial charge in [-0.2, -0.15) is 0 Å². The molecule has 1 N–H and O–H groups in total. The van der Waals surface area contributed by atoms with Gasteiger partial charge >= 0.3 is 0 Å². The zero-order valence-electron chi connectivity index (χ0n) is 16.9. The molecule has 1 aliphatic heterocycles. The first-order valence-corrected chi connectivity index (χ1v) is 9.68. The van der Waals surface area contributed by atoms with E-state index in [4.69, 9.17) is 9.47 Å². The normalized spacial score (nSPS) is 14.5. The van der Waals surface area contributed by atoms with Crippen molar-refractivity contribution in [2.24, 2.45) is 0 Å². The fourth-order valence-corrected chi connectivity index (χ4v) is 3.10. The Morgan fingerprint density at radius 3 is 2.34 bits per heavy atom. The predicted octanol–water partition coefficient (Wildman–Crippen LogP) is 2.35. The predicted molar refractivity (Wildman–Crippen MR) is 112 cm³/mol. The summed E-state index contributed by atoms with van der Waals surface area (Å²) in [6.07, 6.45) is 0. The Hall–Kier alpha value is -2.90. The summed E-state index contributed by atoms with van der Waals surface area (Å²) in [5.74, 6) is 0.340. The van der Waals surface area contributed by atoms with Crippen LogP contribution in [0.25, 0.3) is 0 Å². The summed E-state index contributed by atoms with van der Waals surface area (Å²) in [6, 6.07) is 14.0. The van der Waals surface area contributed by atoms with Crippen LogP contribution in [0.1, 0.15) is 20.7 Å². The molecule has 1 aliphatic rings. The van der Waals surface area contributed by atoms with Crippen molar-refractivity contribution in [2.75, 3.05) is 58.9 Å². The Morgan fingerprint density at radius 1 is 0.966 bits per heavy atom. The molecular formula is C22H27N3O4. The molecule has 1 heterocycles. The maximum Gasteiger partial charge on any atom is 0.256 e. The van der Waals surface area contributed by atoms with Crippen LogP contribution in [0.3, 0.4) is 0 Å². The van der Waals surface area contributed by atoms with Crippen LogP contribution in [0.5, 0.6) is 5.75 Å². The van der Waals surface area contributed by atoms with E-state index in [1.54, 1.807) is 43.5 Å². The number of benzene rings is 2. The summed E-state index contributed by atoms with van der Waals surface area (Å²) in [6.45, 7) is 4.01. The number of rotatable bonds is 7. The van der Waals surface area contributed by atoms with Crippen molar-refractivity contribution in [1.29, 1.82) is 0 Å². The van der Waals surface area contributed by atoms with Crippen molar-refractivity contribution in [2.45, 2.75) is 0 Å². The summed E-state index contributed by atoms with van der Waals surface area (Å²) in [4.78, 5) is 29.6. The number of carbonyl (C=O) groups excluding carboxylic acids is 2. The molecule has 7 heteroatoms. The Morgan fingerprint density at radius 2 is 1.66 bits per heavy atom. The van der Waals surface area contributed by atoms with Gasteiger partial charge in [0.05, 0.1) is 17.9 Å². The quantitative estimate of drug-likeness (QED) is 0.727. The van der Waals surface area contributed by atoms with Gasteiger partial charge in [-0.15, -0.1) is 0 Å². The number of methoxy groups -OCH3 is 1.